The van der Waals surface area contributed by atoms with Gasteiger partial charge in [0.05, 0.1) is 15.3 Å². The summed E-state index contributed by atoms with van der Waals surface area (Å²) < 4.78 is 1.16. The third kappa shape index (κ3) is 3.40. The van der Waals surface area contributed by atoms with Crippen LogP contribution in [0.15, 0.2) is 0 Å². The number of hydrogen-bond donors (Lipinski definition) is 1. The van der Waals surface area contributed by atoms with E-state index in [2.05, 4.69) is 65.7 Å². The monoisotopic (exact) mass is 389 g/mol. The standard InChI is InChI=1S/C14H24IN5/c1-5-10-12(15)14(16-6-2)18-13(17-10)11-9-19(3)7-8-20(11)4/h11H,5-9H2,1-4H3,(H,16,17,18). The lowest BCUT2D eigenvalue weighted by Gasteiger charge is -2.37. The summed E-state index contributed by atoms with van der Waals surface area (Å²) in [6.07, 6.45) is 0.943. The highest BCUT2D eigenvalue weighted by Crippen LogP contribution is 2.26. The summed E-state index contributed by atoms with van der Waals surface area (Å²) in [4.78, 5) is 14.3. The van der Waals surface area contributed by atoms with E-state index in [-0.39, 0.29) is 6.04 Å². The zero-order chi connectivity index (χ0) is 14.7. The van der Waals surface area contributed by atoms with Crippen molar-refractivity contribution in [3.8, 4) is 0 Å². The van der Waals surface area contributed by atoms with E-state index in [9.17, 15) is 0 Å². The molecule has 1 fully saturated rings. The second-order valence-electron chi connectivity index (χ2n) is 5.33. The number of piperazine rings is 1. The fourth-order valence-electron chi connectivity index (χ4n) is 2.47. The zero-order valence-electron chi connectivity index (χ0n) is 12.8. The number of likely N-dealkylation sites (N-methyl/N-ethyl adjacent to an activating group) is 2. The second-order valence-corrected chi connectivity index (χ2v) is 6.41. The summed E-state index contributed by atoms with van der Waals surface area (Å²) in [7, 11) is 4.33. The predicted octanol–water partition coefficient (Wildman–Crippen LogP) is 1.99. The first kappa shape index (κ1) is 15.9. The van der Waals surface area contributed by atoms with E-state index in [1.165, 1.54) is 0 Å². The van der Waals surface area contributed by atoms with E-state index in [0.717, 1.165) is 53.5 Å². The summed E-state index contributed by atoms with van der Waals surface area (Å²) in [6.45, 7) is 8.30. The highest BCUT2D eigenvalue weighted by molar-refractivity contribution is 14.1. The van der Waals surface area contributed by atoms with Crippen molar-refractivity contribution in [2.75, 3.05) is 45.6 Å². The molecule has 1 saturated heterocycles. The number of rotatable bonds is 4. The van der Waals surface area contributed by atoms with Gasteiger partial charge in [-0.25, -0.2) is 9.97 Å². The fraction of sp³-hybridized carbons (Fsp3) is 0.714. The van der Waals surface area contributed by atoms with Gasteiger partial charge in [-0.1, -0.05) is 6.92 Å². The van der Waals surface area contributed by atoms with Crippen LogP contribution in [-0.2, 0) is 6.42 Å². The van der Waals surface area contributed by atoms with E-state index in [1.54, 1.807) is 0 Å². The third-order valence-electron chi connectivity index (χ3n) is 3.77. The van der Waals surface area contributed by atoms with Gasteiger partial charge < -0.3 is 10.2 Å². The van der Waals surface area contributed by atoms with E-state index in [4.69, 9.17) is 9.97 Å². The van der Waals surface area contributed by atoms with Crippen LogP contribution >= 0.6 is 22.6 Å². The third-order valence-corrected chi connectivity index (χ3v) is 4.90. The predicted molar refractivity (Wildman–Crippen MR) is 91.2 cm³/mol. The van der Waals surface area contributed by atoms with Crippen LogP contribution in [0.25, 0.3) is 0 Å². The van der Waals surface area contributed by atoms with Crippen LogP contribution in [0.3, 0.4) is 0 Å². The van der Waals surface area contributed by atoms with Crippen molar-refractivity contribution < 1.29 is 0 Å². The van der Waals surface area contributed by atoms with Crippen LogP contribution in [0.2, 0.25) is 0 Å². The minimum absolute atomic E-state index is 0.286. The number of aromatic nitrogens is 2. The van der Waals surface area contributed by atoms with Crippen LogP contribution in [0.5, 0.6) is 0 Å². The molecular formula is C14H24IN5. The van der Waals surface area contributed by atoms with E-state index in [0.29, 0.717) is 0 Å². The lowest BCUT2D eigenvalue weighted by atomic mass is 10.1. The molecule has 20 heavy (non-hydrogen) atoms. The van der Waals surface area contributed by atoms with Crippen molar-refractivity contribution in [2.45, 2.75) is 26.3 Å². The van der Waals surface area contributed by atoms with Crippen LogP contribution < -0.4 is 5.32 Å². The van der Waals surface area contributed by atoms with Gasteiger partial charge in [-0.15, -0.1) is 0 Å². The minimum Gasteiger partial charge on any atom is -0.369 e. The molecule has 5 nitrogen and oxygen atoms in total. The summed E-state index contributed by atoms with van der Waals surface area (Å²) in [5.41, 5.74) is 1.15. The Morgan fingerprint density at radius 1 is 1.25 bits per heavy atom. The van der Waals surface area contributed by atoms with E-state index in [1.807, 2.05) is 0 Å². The Hall–Kier alpha value is -0.470. The molecular weight excluding hydrogens is 365 g/mol. The summed E-state index contributed by atoms with van der Waals surface area (Å²) in [6, 6.07) is 0.286. The Bertz CT molecular complexity index is 465. The first-order valence-electron chi connectivity index (χ1n) is 7.25. The maximum Gasteiger partial charge on any atom is 0.149 e. The molecule has 0 saturated carbocycles. The Morgan fingerprint density at radius 3 is 2.65 bits per heavy atom. The Kier molecular flexibility index (Phi) is 5.57. The number of anilines is 1. The van der Waals surface area contributed by atoms with Crippen molar-refractivity contribution in [1.82, 2.24) is 19.8 Å². The largest absolute Gasteiger partial charge is 0.369 e. The molecule has 1 aromatic rings. The van der Waals surface area contributed by atoms with Gasteiger partial charge in [0.15, 0.2) is 0 Å². The fourth-order valence-corrected chi connectivity index (χ4v) is 3.28. The summed E-state index contributed by atoms with van der Waals surface area (Å²) in [5.74, 6) is 1.93. The molecule has 0 aromatic carbocycles. The summed E-state index contributed by atoms with van der Waals surface area (Å²) >= 11 is 2.35. The van der Waals surface area contributed by atoms with Crippen molar-refractivity contribution in [2.24, 2.45) is 0 Å². The van der Waals surface area contributed by atoms with Gasteiger partial charge in [0.25, 0.3) is 0 Å². The number of nitrogens with zero attached hydrogens (tertiary/aromatic N) is 4. The second kappa shape index (κ2) is 7.00. The number of hydrogen-bond acceptors (Lipinski definition) is 5. The van der Waals surface area contributed by atoms with Crippen molar-refractivity contribution >= 4 is 28.4 Å². The normalized spacial score (nSPS) is 21.1. The first-order chi connectivity index (χ1) is 9.56. The average molecular weight is 389 g/mol. The topological polar surface area (TPSA) is 44.3 Å². The van der Waals surface area contributed by atoms with Gasteiger partial charge in [0, 0.05) is 26.2 Å². The van der Waals surface area contributed by atoms with Crippen molar-refractivity contribution in [3.63, 3.8) is 0 Å². The number of halogens is 1. The molecule has 0 radical (unpaired) electrons. The van der Waals surface area contributed by atoms with Gasteiger partial charge in [0.1, 0.15) is 11.6 Å². The maximum absolute atomic E-state index is 4.82. The highest BCUT2D eigenvalue weighted by Gasteiger charge is 2.27. The Morgan fingerprint density at radius 2 is 2.00 bits per heavy atom. The number of nitrogens with one attached hydrogen (secondary N) is 1. The molecule has 1 aliphatic heterocycles. The van der Waals surface area contributed by atoms with Gasteiger partial charge in [-0.05, 0) is 50.0 Å². The van der Waals surface area contributed by atoms with E-state index < -0.39 is 0 Å². The molecule has 0 aliphatic carbocycles. The van der Waals surface area contributed by atoms with Gasteiger partial charge in [-0.2, -0.15) is 0 Å². The average Bonchev–Trinajstić information content (AvgIpc) is 2.44. The van der Waals surface area contributed by atoms with Gasteiger partial charge in [-0.3, -0.25) is 4.90 Å². The lowest BCUT2D eigenvalue weighted by molar-refractivity contribution is 0.109. The minimum atomic E-state index is 0.286. The molecule has 1 aliphatic rings. The molecule has 112 valence electrons. The van der Waals surface area contributed by atoms with Crippen LogP contribution in [0, 0.1) is 3.57 Å². The summed E-state index contributed by atoms with van der Waals surface area (Å²) in [5, 5.41) is 3.37. The van der Waals surface area contributed by atoms with Crippen LogP contribution in [0.1, 0.15) is 31.4 Å². The molecule has 0 spiro atoms. The molecule has 0 amide bonds. The molecule has 1 aromatic heterocycles. The molecule has 0 bridgehead atoms. The molecule has 1 unspecified atom stereocenters. The molecule has 6 heteroatoms. The van der Waals surface area contributed by atoms with Crippen LogP contribution in [0.4, 0.5) is 5.82 Å². The maximum atomic E-state index is 4.82. The van der Waals surface area contributed by atoms with E-state index >= 15 is 0 Å². The SMILES string of the molecule is CCNc1nc(C2CN(C)CCN2C)nc(CC)c1I. The highest BCUT2D eigenvalue weighted by atomic mass is 127. The Balaban J connectivity index is 2.37. The lowest BCUT2D eigenvalue weighted by Crippen LogP contribution is -2.45. The van der Waals surface area contributed by atoms with Crippen LogP contribution in [-0.4, -0.2) is 60.0 Å². The molecule has 1 N–H and O–H groups in total. The quantitative estimate of drug-likeness (QED) is 0.799. The van der Waals surface area contributed by atoms with Gasteiger partial charge in [0.2, 0.25) is 0 Å². The first-order valence-corrected chi connectivity index (χ1v) is 8.33. The molecule has 2 rings (SSSR count). The molecule has 2 heterocycles. The van der Waals surface area contributed by atoms with Crippen molar-refractivity contribution in [3.05, 3.63) is 15.1 Å². The van der Waals surface area contributed by atoms with Crippen molar-refractivity contribution in [1.29, 1.82) is 0 Å². The Labute approximate surface area is 135 Å². The van der Waals surface area contributed by atoms with Gasteiger partial charge >= 0.3 is 0 Å². The zero-order valence-corrected chi connectivity index (χ0v) is 14.9. The smallest absolute Gasteiger partial charge is 0.149 e. The molecule has 1 atom stereocenters. The number of aryl methyl sites for hydroxylation is 1.